The molecule has 0 aromatic heterocycles. The number of para-hydroxylation sites is 1. The predicted octanol–water partition coefficient (Wildman–Crippen LogP) is 4.22. The predicted molar refractivity (Wildman–Crippen MR) is 127 cm³/mol. The van der Waals surface area contributed by atoms with E-state index in [0.717, 1.165) is 11.3 Å². The molecule has 0 saturated heterocycles. The summed E-state index contributed by atoms with van der Waals surface area (Å²) in [6.45, 7) is 0. The number of amides is 2. The van der Waals surface area contributed by atoms with E-state index in [1.165, 1.54) is 0 Å². The zero-order valence-electron chi connectivity index (χ0n) is 16.5. The van der Waals surface area contributed by atoms with E-state index >= 15 is 0 Å². The van der Waals surface area contributed by atoms with Gasteiger partial charge in [-0.25, -0.2) is 0 Å². The normalized spacial score (nSPS) is 11.1. The van der Waals surface area contributed by atoms with Gasteiger partial charge in [0.2, 0.25) is 5.91 Å². The van der Waals surface area contributed by atoms with Crippen molar-refractivity contribution < 1.29 is 9.59 Å². The number of hydrogen-bond donors (Lipinski definition) is 4. The maximum atomic E-state index is 12.7. The molecule has 0 aliphatic heterocycles. The first-order valence-electron chi connectivity index (χ1n) is 9.54. The first-order valence-corrected chi connectivity index (χ1v) is 10.3. The standard InChI is InChI=1S/C23H21ClN4O2S/c24-19-14-8-7-13-18(19)22(30)26-20(16-9-3-1-4-10-16)15-21(29)27-28-23(31)25-17-11-5-2-6-12-17/h1-14,20H,15H2,(H,26,30)(H,27,29)(H2,25,28,31). The van der Waals surface area contributed by atoms with Crippen molar-refractivity contribution in [1.82, 2.24) is 16.2 Å². The number of rotatable bonds is 6. The van der Waals surface area contributed by atoms with E-state index in [9.17, 15) is 9.59 Å². The number of halogens is 1. The highest BCUT2D eigenvalue weighted by atomic mass is 35.5. The van der Waals surface area contributed by atoms with Gasteiger partial charge >= 0.3 is 0 Å². The Morgan fingerprint density at radius 2 is 1.45 bits per heavy atom. The average molecular weight is 453 g/mol. The van der Waals surface area contributed by atoms with E-state index in [1.807, 2.05) is 60.7 Å². The summed E-state index contributed by atoms with van der Waals surface area (Å²) >= 11 is 11.3. The van der Waals surface area contributed by atoms with E-state index in [1.54, 1.807) is 24.3 Å². The van der Waals surface area contributed by atoms with Crippen LogP contribution in [-0.2, 0) is 4.79 Å². The molecule has 158 valence electrons. The minimum Gasteiger partial charge on any atom is -0.345 e. The maximum Gasteiger partial charge on any atom is 0.253 e. The van der Waals surface area contributed by atoms with E-state index in [4.69, 9.17) is 23.8 Å². The highest BCUT2D eigenvalue weighted by molar-refractivity contribution is 7.80. The van der Waals surface area contributed by atoms with E-state index < -0.39 is 6.04 Å². The highest BCUT2D eigenvalue weighted by Gasteiger charge is 2.20. The van der Waals surface area contributed by atoms with Crippen LogP contribution in [0.5, 0.6) is 0 Å². The van der Waals surface area contributed by atoms with Crippen LogP contribution in [0.25, 0.3) is 0 Å². The van der Waals surface area contributed by atoms with Gasteiger partial charge in [-0.15, -0.1) is 0 Å². The molecule has 4 N–H and O–H groups in total. The zero-order chi connectivity index (χ0) is 22.1. The molecule has 3 aromatic carbocycles. The van der Waals surface area contributed by atoms with Gasteiger partial charge in [0.05, 0.1) is 23.0 Å². The lowest BCUT2D eigenvalue weighted by atomic mass is 10.0. The number of anilines is 1. The molecule has 1 atom stereocenters. The van der Waals surface area contributed by atoms with Crippen molar-refractivity contribution in [1.29, 1.82) is 0 Å². The monoisotopic (exact) mass is 452 g/mol. The lowest BCUT2D eigenvalue weighted by Crippen LogP contribution is -2.45. The van der Waals surface area contributed by atoms with E-state index in [0.29, 0.717) is 10.6 Å². The fourth-order valence-electron chi connectivity index (χ4n) is 2.87. The van der Waals surface area contributed by atoms with Crippen molar-refractivity contribution in [2.75, 3.05) is 5.32 Å². The molecule has 1 unspecified atom stereocenters. The summed E-state index contributed by atoms with van der Waals surface area (Å²) in [4.78, 5) is 25.3. The molecule has 2 amide bonds. The Balaban J connectivity index is 1.62. The smallest absolute Gasteiger partial charge is 0.253 e. The lowest BCUT2D eigenvalue weighted by molar-refractivity contribution is -0.122. The van der Waals surface area contributed by atoms with Crippen LogP contribution in [-0.4, -0.2) is 16.9 Å². The molecule has 0 saturated carbocycles. The van der Waals surface area contributed by atoms with Crippen LogP contribution in [0.3, 0.4) is 0 Å². The lowest BCUT2D eigenvalue weighted by Gasteiger charge is -2.20. The Morgan fingerprint density at radius 1 is 0.839 bits per heavy atom. The third-order valence-corrected chi connectivity index (χ3v) is 4.90. The minimum atomic E-state index is -0.553. The van der Waals surface area contributed by atoms with E-state index in [-0.39, 0.29) is 23.3 Å². The van der Waals surface area contributed by atoms with Gasteiger partial charge in [0, 0.05) is 5.69 Å². The van der Waals surface area contributed by atoms with Crippen LogP contribution in [0.15, 0.2) is 84.9 Å². The van der Waals surface area contributed by atoms with Crippen LogP contribution in [0.2, 0.25) is 5.02 Å². The van der Waals surface area contributed by atoms with Gasteiger partial charge in [0.1, 0.15) is 0 Å². The van der Waals surface area contributed by atoms with Crippen LogP contribution in [0.4, 0.5) is 5.69 Å². The first-order chi connectivity index (χ1) is 15.0. The molecule has 3 aromatic rings. The Labute approximate surface area is 191 Å². The van der Waals surface area contributed by atoms with Gasteiger partial charge < -0.3 is 10.6 Å². The van der Waals surface area contributed by atoms with Crippen molar-refractivity contribution in [2.24, 2.45) is 0 Å². The SMILES string of the molecule is O=C(CC(NC(=O)c1ccccc1Cl)c1ccccc1)NNC(=S)Nc1ccccc1. The number of nitrogens with one attached hydrogen (secondary N) is 4. The Kier molecular flexibility index (Phi) is 7.98. The van der Waals surface area contributed by atoms with Gasteiger partial charge in [-0.2, -0.15) is 0 Å². The Hall–Kier alpha value is -3.42. The molecule has 0 spiro atoms. The van der Waals surface area contributed by atoms with Crippen molar-refractivity contribution in [3.63, 3.8) is 0 Å². The van der Waals surface area contributed by atoms with Crippen LogP contribution in [0.1, 0.15) is 28.4 Å². The molecule has 8 heteroatoms. The third-order valence-electron chi connectivity index (χ3n) is 4.36. The van der Waals surface area contributed by atoms with Crippen molar-refractivity contribution in [3.8, 4) is 0 Å². The second-order valence-electron chi connectivity index (χ2n) is 6.61. The fourth-order valence-corrected chi connectivity index (χ4v) is 3.26. The Bertz CT molecular complexity index is 1050. The first kappa shape index (κ1) is 22.3. The largest absolute Gasteiger partial charge is 0.345 e. The molecule has 0 heterocycles. The van der Waals surface area contributed by atoms with Gasteiger partial charge in [0.25, 0.3) is 5.91 Å². The number of hydrazine groups is 1. The maximum absolute atomic E-state index is 12.7. The molecule has 0 aliphatic rings. The number of carbonyl (C=O) groups is 2. The molecule has 6 nitrogen and oxygen atoms in total. The molecule has 3 rings (SSSR count). The fraction of sp³-hybridized carbons (Fsp3) is 0.0870. The Morgan fingerprint density at radius 3 is 2.13 bits per heavy atom. The van der Waals surface area contributed by atoms with Crippen LogP contribution < -0.4 is 21.5 Å². The van der Waals surface area contributed by atoms with Gasteiger partial charge in [0.15, 0.2) is 5.11 Å². The quantitative estimate of drug-likeness (QED) is 0.332. The van der Waals surface area contributed by atoms with Gasteiger partial charge in [-0.1, -0.05) is 72.3 Å². The molecule has 0 aliphatic carbocycles. The summed E-state index contributed by atoms with van der Waals surface area (Å²) in [7, 11) is 0. The summed E-state index contributed by atoms with van der Waals surface area (Å²) in [5, 5.41) is 6.44. The molecule has 0 bridgehead atoms. The third kappa shape index (κ3) is 6.80. The van der Waals surface area contributed by atoms with Crippen LogP contribution >= 0.6 is 23.8 Å². The van der Waals surface area contributed by atoms with Crippen LogP contribution in [0, 0.1) is 0 Å². The summed E-state index contributed by atoms with van der Waals surface area (Å²) in [6.07, 6.45) is 0.00115. The van der Waals surface area contributed by atoms with Crippen molar-refractivity contribution >= 4 is 46.4 Å². The van der Waals surface area contributed by atoms with Crippen molar-refractivity contribution in [2.45, 2.75) is 12.5 Å². The second-order valence-corrected chi connectivity index (χ2v) is 7.43. The summed E-state index contributed by atoms with van der Waals surface area (Å²) in [5.41, 5.74) is 7.16. The summed E-state index contributed by atoms with van der Waals surface area (Å²) < 4.78 is 0. The number of benzene rings is 3. The topological polar surface area (TPSA) is 82.3 Å². The average Bonchev–Trinajstić information content (AvgIpc) is 2.79. The molecule has 31 heavy (non-hydrogen) atoms. The summed E-state index contributed by atoms with van der Waals surface area (Å²) in [5.74, 6) is -0.702. The molecule has 0 radical (unpaired) electrons. The number of hydrogen-bond acceptors (Lipinski definition) is 3. The minimum absolute atomic E-state index is 0.00115. The number of thiocarbonyl (C=S) groups is 1. The molecular weight excluding hydrogens is 432 g/mol. The number of carbonyl (C=O) groups excluding carboxylic acids is 2. The molecular formula is C23H21ClN4O2S. The second kappa shape index (κ2) is 11.1. The highest BCUT2D eigenvalue weighted by Crippen LogP contribution is 2.20. The van der Waals surface area contributed by atoms with Gasteiger partial charge in [-0.05, 0) is 42.0 Å². The zero-order valence-corrected chi connectivity index (χ0v) is 18.0. The molecule has 0 fully saturated rings. The van der Waals surface area contributed by atoms with Gasteiger partial charge in [-0.3, -0.25) is 20.4 Å². The van der Waals surface area contributed by atoms with Crippen molar-refractivity contribution in [3.05, 3.63) is 101 Å². The summed E-state index contributed by atoms with van der Waals surface area (Å²) in [6, 6.07) is 24.8. The van der Waals surface area contributed by atoms with E-state index in [2.05, 4.69) is 21.5 Å².